The van der Waals surface area contributed by atoms with Crippen molar-refractivity contribution >= 4 is 34.1 Å². The van der Waals surface area contributed by atoms with E-state index in [2.05, 4.69) is 29.4 Å². The van der Waals surface area contributed by atoms with Gasteiger partial charge < -0.3 is 0 Å². The lowest BCUT2D eigenvalue weighted by Gasteiger charge is -2.07. The van der Waals surface area contributed by atoms with E-state index in [9.17, 15) is 13.6 Å². The van der Waals surface area contributed by atoms with Crippen molar-refractivity contribution in [2.75, 3.05) is 5.32 Å². The van der Waals surface area contributed by atoms with E-state index < -0.39 is 11.7 Å². The molecule has 0 radical (unpaired) electrons. The summed E-state index contributed by atoms with van der Waals surface area (Å²) in [6, 6.07) is 6.26. The molecule has 0 aliphatic rings. The molecule has 1 heterocycles. The lowest BCUT2D eigenvalue weighted by atomic mass is 10.1. The maximum Gasteiger partial charge on any atom is 0.288 e. The minimum absolute atomic E-state index is 0.202. The Morgan fingerprint density at radius 2 is 2.05 bits per heavy atom. The number of aromatic nitrogens is 2. The Hall–Kier alpha value is -1.54. The molecule has 0 spiro atoms. The lowest BCUT2D eigenvalue weighted by molar-refractivity contribution is 0.102. The molecule has 0 aliphatic heterocycles. The minimum Gasteiger partial charge on any atom is -0.296 e. The van der Waals surface area contributed by atoms with Crippen LogP contribution in [0.4, 0.5) is 13.9 Å². The Labute approximate surface area is 135 Å². The molecule has 118 valence electrons. The summed E-state index contributed by atoms with van der Waals surface area (Å²) < 4.78 is 25.1. The van der Waals surface area contributed by atoms with Crippen molar-refractivity contribution in [3.05, 3.63) is 34.8 Å². The number of halogens is 2. The number of nitrogens with zero attached hydrogens (tertiary/aromatic N) is 2. The van der Waals surface area contributed by atoms with Crippen LogP contribution >= 0.6 is 23.1 Å². The number of hydrogen-bond donors (Lipinski definition) is 1. The van der Waals surface area contributed by atoms with Crippen molar-refractivity contribution in [1.82, 2.24) is 10.2 Å². The van der Waals surface area contributed by atoms with E-state index in [1.54, 1.807) is 12.1 Å². The molecule has 0 unspecified atom stereocenters. The smallest absolute Gasteiger partial charge is 0.288 e. The second kappa shape index (κ2) is 7.64. The first-order chi connectivity index (χ1) is 10.5. The molecule has 0 fully saturated rings. The highest BCUT2D eigenvalue weighted by molar-refractivity contribution is 7.99. The summed E-state index contributed by atoms with van der Waals surface area (Å²) in [5.74, 6) is -2.59. The van der Waals surface area contributed by atoms with Crippen LogP contribution in [0.3, 0.4) is 0 Å². The second-order valence-electron chi connectivity index (χ2n) is 4.93. The van der Waals surface area contributed by atoms with Crippen molar-refractivity contribution in [3.63, 3.8) is 0 Å². The SMILES string of the molecule is CC(C)Cc1nnc(NC(=O)c2ccccc2SC(F)F)s1. The van der Waals surface area contributed by atoms with Crippen LogP contribution < -0.4 is 5.32 Å². The lowest BCUT2D eigenvalue weighted by Crippen LogP contribution is -2.13. The first kappa shape index (κ1) is 16.8. The Kier molecular flexibility index (Phi) is 5.84. The fraction of sp³-hybridized carbons (Fsp3) is 0.357. The van der Waals surface area contributed by atoms with E-state index in [1.165, 1.54) is 23.5 Å². The van der Waals surface area contributed by atoms with Gasteiger partial charge in [0, 0.05) is 11.3 Å². The van der Waals surface area contributed by atoms with Crippen LogP contribution in [0.5, 0.6) is 0 Å². The summed E-state index contributed by atoms with van der Waals surface area (Å²) in [4.78, 5) is 12.5. The first-order valence-electron chi connectivity index (χ1n) is 6.63. The van der Waals surface area contributed by atoms with Crippen LogP contribution in [-0.2, 0) is 6.42 Å². The van der Waals surface area contributed by atoms with E-state index >= 15 is 0 Å². The predicted molar refractivity (Wildman–Crippen MR) is 84.7 cm³/mol. The standard InChI is InChI=1S/C14H15F2N3OS2/c1-8(2)7-11-18-19-14(22-11)17-12(20)9-5-3-4-6-10(9)21-13(15)16/h3-6,8,13H,7H2,1-2H3,(H,17,19,20). The molecule has 0 saturated carbocycles. The average Bonchev–Trinajstić information content (AvgIpc) is 2.84. The van der Waals surface area contributed by atoms with Crippen molar-refractivity contribution < 1.29 is 13.6 Å². The number of carbonyl (C=O) groups excluding carboxylic acids is 1. The molecule has 1 amide bonds. The average molecular weight is 343 g/mol. The number of hydrogen-bond acceptors (Lipinski definition) is 5. The third kappa shape index (κ3) is 4.74. The molecule has 0 bridgehead atoms. The zero-order valence-electron chi connectivity index (χ0n) is 12.0. The molecule has 1 N–H and O–H groups in total. The highest BCUT2D eigenvalue weighted by Gasteiger charge is 2.16. The van der Waals surface area contributed by atoms with Gasteiger partial charge in [-0.2, -0.15) is 8.78 Å². The van der Waals surface area contributed by atoms with E-state index in [-0.39, 0.29) is 10.5 Å². The molecule has 4 nitrogen and oxygen atoms in total. The Bertz CT molecular complexity index is 647. The Morgan fingerprint density at radius 1 is 1.32 bits per heavy atom. The summed E-state index contributed by atoms with van der Waals surface area (Å²) in [5, 5.41) is 11.7. The number of carbonyl (C=O) groups is 1. The van der Waals surface area contributed by atoms with Crippen molar-refractivity contribution in [3.8, 4) is 0 Å². The van der Waals surface area contributed by atoms with Gasteiger partial charge in [-0.3, -0.25) is 10.1 Å². The fourth-order valence-corrected chi connectivity index (χ4v) is 3.34. The summed E-state index contributed by atoms with van der Waals surface area (Å²) in [6.07, 6.45) is 0.783. The number of thioether (sulfide) groups is 1. The topological polar surface area (TPSA) is 54.9 Å². The molecule has 1 aromatic heterocycles. The molecule has 22 heavy (non-hydrogen) atoms. The maximum atomic E-state index is 12.5. The van der Waals surface area contributed by atoms with Gasteiger partial charge in [0.2, 0.25) is 5.13 Å². The molecule has 0 atom stereocenters. The van der Waals surface area contributed by atoms with E-state index in [4.69, 9.17) is 0 Å². The van der Waals surface area contributed by atoms with Crippen molar-refractivity contribution in [2.45, 2.75) is 30.9 Å². The molecule has 8 heteroatoms. The maximum absolute atomic E-state index is 12.5. The number of amides is 1. The van der Waals surface area contributed by atoms with Gasteiger partial charge in [-0.25, -0.2) is 0 Å². The van der Waals surface area contributed by atoms with Crippen LogP contribution in [0.2, 0.25) is 0 Å². The predicted octanol–water partition coefficient (Wildman–Crippen LogP) is 4.30. The van der Waals surface area contributed by atoms with E-state index in [1.807, 2.05) is 0 Å². The van der Waals surface area contributed by atoms with Gasteiger partial charge in [0.25, 0.3) is 11.7 Å². The van der Waals surface area contributed by atoms with Crippen molar-refractivity contribution in [2.24, 2.45) is 5.92 Å². The van der Waals surface area contributed by atoms with Gasteiger partial charge in [-0.05, 0) is 18.1 Å². The van der Waals surface area contributed by atoms with Crippen LogP contribution in [-0.4, -0.2) is 21.9 Å². The fourth-order valence-electron chi connectivity index (χ4n) is 1.75. The minimum atomic E-state index is -2.58. The molecule has 0 aliphatic carbocycles. The number of anilines is 1. The molecular weight excluding hydrogens is 328 g/mol. The third-order valence-corrected chi connectivity index (χ3v) is 4.27. The monoisotopic (exact) mass is 343 g/mol. The molecule has 2 rings (SSSR count). The first-order valence-corrected chi connectivity index (χ1v) is 8.33. The van der Waals surface area contributed by atoms with Gasteiger partial charge in [-0.15, -0.1) is 10.2 Å². The normalized spacial score (nSPS) is 11.2. The summed E-state index contributed by atoms with van der Waals surface area (Å²) >= 11 is 1.65. The van der Waals surface area contributed by atoms with Gasteiger partial charge in [0.1, 0.15) is 5.01 Å². The van der Waals surface area contributed by atoms with Gasteiger partial charge >= 0.3 is 0 Å². The molecule has 1 aromatic carbocycles. The number of benzene rings is 1. The van der Waals surface area contributed by atoms with Crippen molar-refractivity contribution in [1.29, 1.82) is 0 Å². The van der Waals surface area contributed by atoms with E-state index in [0.717, 1.165) is 11.4 Å². The molecular formula is C14H15F2N3OS2. The Morgan fingerprint density at radius 3 is 2.73 bits per heavy atom. The third-order valence-electron chi connectivity index (χ3n) is 2.62. The van der Waals surface area contributed by atoms with Crippen LogP contribution in [0.1, 0.15) is 29.2 Å². The Balaban J connectivity index is 2.10. The number of nitrogens with one attached hydrogen (secondary N) is 1. The van der Waals surface area contributed by atoms with Crippen LogP contribution in [0.25, 0.3) is 0 Å². The largest absolute Gasteiger partial charge is 0.296 e. The second-order valence-corrected chi connectivity index (χ2v) is 7.02. The zero-order chi connectivity index (χ0) is 16.1. The van der Waals surface area contributed by atoms with Gasteiger partial charge in [-0.1, -0.05) is 49.1 Å². The van der Waals surface area contributed by atoms with Gasteiger partial charge in [0.15, 0.2) is 0 Å². The summed E-state index contributed by atoms with van der Waals surface area (Å²) in [5.41, 5.74) is 0.202. The quantitative estimate of drug-likeness (QED) is 0.795. The molecule has 2 aromatic rings. The van der Waals surface area contributed by atoms with E-state index in [0.29, 0.717) is 22.8 Å². The molecule has 0 saturated heterocycles. The summed E-state index contributed by atoms with van der Waals surface area (Å²) in [7, 11) is 0. The zero-order valence-corrected chi connectivity index (χ0v) is 13.7. The highest BCUT2D eigenvalue weighted by atomic mass is 32.2. The highest BCUT2D eigenvalue weighted by Crippen LogP contribution is 2.29. The van der Waals surface area contributed by atoms with Crippen LogP contribution in [0.15, 0.2) is 29.2 Å². The van der Waals surface area contributed by atoms with Gasteiger partial charge in [0.05, 0.1) is 5.56 Å². The summed E-state index contributed by atoms with van der Waals surface area (Å²) in [6.45, 7) is 4.13. The number of rotatable bonds is 6. The van der Waals surface area contributed by atoms with Crippen LogP contribution in [0, 0.1) is 5.92 Å². The number of alkyl halides is 2.